The normalized spacial score (nSPS) is 24.6. The van der Waals surface area contributed by atoms with Crippen molar-refractivity contribution < 1.29 is 19.4 Å². The van der Waals surface area contributed by atoms with E-state index < -0.39 is 5.97 Å². The second-order valence-electron chi connectivity index (χ2n) is 5.53. The fraction of sp³-hybridized carbons (Fsp3) is 0.467. The van der Waals surface area contributed by atoms with Crippen molar-refractivity contribution in [2.45, 2.75) is 38.3 Å². The molecule has 0 bridgehead atoms. The molecule has 2 atom stereocenters. The lowest BCUT2D eigenvalue weighted by Crippen LogP contribution is -2.52. The monoisotopic (exact) mass is 292 g/mol. The van der Waals surface area contributed by atoms with Gasteiger partial charge in [-0.25, -0.2) is 4.79 Å². The van der Waals surface area contributed by atoms with E-state index in [9.17, 15) is 9.59 Å². The molecule has 6 nitrogen and oxygen atoms in total. The zero-order valence-electron chi connectivity index (χ0n) is 12.2. The van der Waals surface area contributed by atoms with Gasteiger partial charge in [0.2, 0.25) is 0 Å². The smallest absolute Gasteiger partial charge is 0.319 e. The molecular formula is C15H20N2O4. The van der Waals surface area contributed by atoms with E-state index in [-0.39, 0.29) is 24.1 Å². The van der Waals surface area contributed by atoms with Gasteiger partial charge >= 0.3 is 12.0 Å². The molecule has 3 N–H and O–H groups in total. The second-order valence-corrected chi connectivity index (χ2v) is 5.53. The molecule has 1 saturated heterocycles. The van der Waals surface area contributed by atoms with Gasteiger partial charge in [-0.1, -0.05) is 12.1 Å². The van der Waals surface area contributed by atoms with Crippen LogP contribution in [0.3, 0.4) is 0 Å². The highest BCUT2D eigenvalue weighted by Crippen LogP contribution is 2.25. The lowest BCUT2D eigenvalue weighted by molar-refractivity contribution is -0.136. The van der Waals surface area contributed by atoms with Crippen LogP contribution in [0, 0.1) is 0 Å². The SMILES string of the molecule is CC1OCCC1(C)NC(=O)Nc1cccc(CC(=O)O)c1. The van der Waals surface area contributed by atoms with Gasteiger partial charge in [0.05, 0.1) is 18.1 Å². The molecule has 1 heterocycles. The van der Waals surface area contributed by atoms with Crippen LogP contribution in [0.1, 0.15) is 25.8 Å². The van der Waals surface area contributed by atoms with E-state index in [0.29, 0.717) is 17.9 Å². The van der Waals surface area contributed by atoms with E-state index in [2.05, 4.69) is 10.6 Å². The Labute approximate surface area is 123 Å². The Morgan fingerprint density at radius 2 is 2.24 bits per heavy atom. The molecule has 1 aliphatic heterocycles. The van der Waals surface area contributed by atoms with Crippen LogP contribution in [0.4, 0.5) is 10.5 Å². The number of aliphatic carboxylic acids is 1. The zero-order valence-corrected chi connectivity index (χ0v) is 12.2. The fourth-order valence-corrected chi connectivity index (χ4v) is 2.35. The summed E-state index contributed by atoms with van der Waals surface area (Å²) in [5.41, 5.74) is 0.827. The summed E-state index contributed by atoms with van der Waals surface area (Å²) in [4.78, 5) is 22.8. The third-order valence-electron chi connectivity index (χ3n) is 3.83. The van der Waals surface area contributed by atoms with Gasteiger partial charge in [0.15, 0.2) is 0 Å². The Morgan fingerprint density at radius 3 is 2.86 bits per heavy atom. The number of urea groups is 1. The summed E-state index contributed by atoms with van der Waals surface area (Å²) in [6.45, 7) is 4.51. The lowest BCUT2D eigenvalue weighted by atomic mass is 9.95. The minimum atomic E-state index is -0.902. The van der Waals surface area contributed by atoms with E-state index in [1.807, 2.05) is 13.8 Å². The summed E-state index contributed by atoms with van der Waals surface area (Å²) in [5.74, 6) is -0.902. The largest absolute Gasteiger partial charge is 0.481 e. The first-order valence-electron chi connectivity index (χ1n) is 6.90. The number of amides is 2. The summed E-state index contributed by atoms with van der Waals surface area (Å²) < 4.78 is 5.47. The molecule has 2 amide bonds. The molecule has 1 fully saturated rings. The van der Waals surface area contributed by atoms with Gasteiger partial charge in [0.1, 0.15) is 0 Å². The van der Waals surface area contributed by atoms with Crippen LogP contribution in [0.25, 0.3) is 0 Å². The second kappa shape index (κ2) is 6.13. The van der Waals surface area contributed by atoms with Crippen LogP contribution in [0.15, 0.2) is 24.3 Å². The quantitative estimate of drug-likeness (QED) is 0.792. The number of carboxylic acid groups (broad SMARTS) is 1. The van der Waals surface area contributed by atoms with Gasteiger partial charge in [-0.3, -0.25) is 4.79 Å². The van der Waals surface area contributed by atoms with Crippen LogP contribution in [-0.4, -0.2) is 35.4 Å². The first kappa shape index (κ1) is 15.3. The number of hydrogen-bond donors (Lipinski definition) is 3. The minimum Gasteiger partial charge on any atom is -0.481 e. The molecule has 21 heavy (non-hydrogen) atoms. The Kier molecular flexibility index (Phi) is 4.47. The summed E-state index contributed by atoms with van der Waals surface area (Å²) in [5, 5.41) is 14.4. The van der Waals surface area contributed by atoms with Crippen LogP contribution in [0.5, 0.6) is 0 Å². The predicted octanol–water partition coefficient (Wildman–Crippen LogP) is 2.00. The molecule has 1 aromatic carbocycles. The molecule has 0 spiro atoms. The maximum atomic E-state index is 12.1. The summed E-state index contributed by atoms with van der Waals surface area (Å²) in [6, 6.07) is 6.50. The number of rotatable bonds is 4. The van der Waals surface area contributed by atoms with Crippen molar-refractivity contribution >= 4 is 17.7 Å². The lowest BCUT2D eigenvalue weighted by Gasteiger charge is -2.28. The molecule has 0 radical (unpaired) electrons. The van der Waals surface area contributed by atoms with E-state index in [1.165, 1.54) is 0 Å². The molecule has 0 aromatic heterocycles. The van der Waals surface area contributed by atoms with Gasteiger partial charge in [-0.05, 0) is 38.0 Å². The Balaban J connectivity index is 1.98. The number of benzene rings is 1. The molecule has 2 rings (SSSR count). The van der Waals surface area contributed by atoms with E-state index in [0.717, 1.165) is 6.42 Å². The fourth-order valence-electron chi connectivity index (χ4n) is 2.35. The predicted molar refractivity (Wildman–Crippen MR) is 78.4 cm³/mol. The van der Waals surface area contributed by atoms with Crippen molar-refractivity contribution in [3.63, 3.8) is 0 Å². The molecular weight excluding hydrogens is 272 g/mol. The van der Waals surface area contributed by atoms with Gasteiger partial charge < -0.3 is 20.5 Å². The molecule has 2 unspecified atom stereocenters. The third-order valence-corrected chi connectivity index (χ3v) is 3.83. The van der Waals surface area contributed by atoms with Crippen molar-refractivity contribution in [1.29, 1.82) is 0 Å². The Bertz CT molecular complexity index is 546. The third kappa shape index (κ3) is 3.95. The average molecular weight is 292 g/mol. The number of carbonyl (C=O) groups is 2. The summed E-state index contributed by atoms with van der Waals surface area (Å²) >= 11 is 0. The van der Waals surface area contributed by atoms with Crippen molar-refractivity contribution in [1.82, 2.24) is 5.32 Å². The highest BCUT2D eigenvalue weighted by molar-refractivity contribution is 5.90. The Morgan fingerprint density at radius 1 is 1.48 bits per heavy atom. The van der Waals surface area contributed by atoms with Gasteiger partial charge in [-0.15, -0.1) is 0 Å². The van der Waals surface area contributed by atoms with Gasteiger partial charge in [-0.2, -0.15) is 0 Å². The number of hydrogen-bond acceptors (Lipinski definition) is 3. The maximum Gasteiger partial charge on any atom is 0.319 e. The molecule has 114 valence electrons. The summed E-state index contributed by atoms with van der Waals surface area (Å²) in [6.07, 6.45) is 0.655. The van der Waals surface area contributed by atoms with Crippen molar-refractivity contribution in [2.75, 3.05) is 11.9 Å². The van der Waals surface area contributed by atoms with Gasteiger partial charge in [0.25, 0.3) is 0 Å². The Hall–Kier alpha value is -2.08. The van der Waals surface area contributed by atoms with Crippen LogP contribution < -0.4 is 10.6 Å². The number of nitrogens with one attached hydrogen (secondary N) is 2. The molecule has 1 aromatic rings. The highest BCUT2D eigenvalue weighted by Gasteiger charge is 2.38. The molecule has 0 saturated carbocycles. The molecule has 1 aliphatic rings. The van der Waals surface area contributed by atoms with Crippen LogP contribution in [0.2, 0.25) is 0 Å². The van der Waals surface area contributed by atoms with E-state index >= 15 is 0 Å². The number of carboxylic acids is 1. The minimum absolute atomic E-state index is 0.0402. The number of ether oxygens (including phenoxy) is 1. The molecule has 6 heteroatoms. The van der Waals surface area contributed by atoms with Gasteiger partial charge in [0, 0.05) is 12.3 Å². The highest BCUT2D eigenvalue weighted by atomic mass is 16.5. The maximum absolute atomic E-state index is 12.1. The van der Waals surface area contributed by atoms with E-state index in [4.69, 9.17) is 9.84 Å². The standard InChI is InChI=1S/C15H20N2O4/c1-10-15(2,6-7-21-10)17-14(20)16-12-5-3-4-11(8-12)9-13(18)19/h3-5,8,10H,6-7,9H2,1-2H3,(H,18,19)(H2,16,17,20). The number of anilines is 1. The van der Waals surface area contributed by atoms with Crippen molar-refractivity contribution in [2.24, 2.45) is 0 Å². The first-order chi connectivity index (χ1) is 9.89. The van der Waals surface area contributed by atoms with Crippen molar-refractivity contribution in [3.05, 3.63) is 29.8 Å². The first-order valence-corrected chi connectivity index (χ1v) is 6.90. The van der Waals surface area contributed by atoms with Crippen LogP contribution in [-0.2, 0) is 16.0 Å². The summed E-state index contributed by atoms with van der Waals surface area (Å²) in [7, 11) is 0. The number of carbonyl (C=O) groups excluding carboxylic acids is 1. The van der Waals surface area contributed by atoms with Crippen LogP contribution >= 0.6 is 0 Å². The molecule has 0 aliphatic carbocycles. The topological polar surface area (TPSA) is 87.7 Å². The zero-order chi connectivity index (χ0) is 15.5. The average Bonchev–Trinajstić information content (AvgIpc) is 2.68. The van der Waals surface area contributed by atoms with E-state index in [1.54, 1.807) is 24.3 Å². The van der Waals surface area contributed by atoms with Crippen molar-refractivity contribution in [3.8, 4) is 0 Å².